The molecule has 0 aliphatic heterocycles. The zero-order valence-corrected chi connectivity index (χ0v) is 10.5. The van der Waals surface area contributed by atoms with E-state index in [0.29, 0.717) is 12.2 Å². The van der Waals surface area contributed by atoms with Crippen LogP contribution in [-0.2, 0) is 0 Å². The Morgan fingerprint density at radius 3 is 2.56 bits per heavy atom. The van der Waals surface area contributed by atoms with Gasteiger partial charge in [0.1, 0.15) is 5.75 Å². The van der Waals surface area contributed by atoms with Gasteiger partial charge in [-0.15, -0.1) is 0 Å². The highest BCUT2D eigenvalue weighted by Gasteiger charge is 2.09. The molecule has 4 nitrogen and oxygen atoms in total. The summed E-state index contributed by atoms with van der Waals surface area (Å²) in [6, 6.07) is 9.08. The Kier molecular flexibility index (Phi) is 3.67. The van der Waals surface area contributed by atoms with Crippen LogP contribution >= 0.6 is 0 Å². The Morgan fingerprint density at radius 1 is 1.28 bits per heavy atom. The van der Waals surface area contributed by atoms with Crippen LogP contribution in [0.5, 0.6) is 5.75 Å². The summed E-state index contributed by atoms with van der Waals surface area (Å²) in [4.78, 5) is 14.9. The Hall–Kier alpha value is -2.23. The molecule has 1 heterocycles. The number of H-pyrrole nitrogens is 1. The van der Waals surface area contributed by atoms with E-state index >= 15 is 0 Å². The first-order valence-electron chi connectivity index (χ1n) is 5.89. The molecule has 0 radical (unpaired) electrons. The van der Waals surface area contributed by atoms with Gasteiger partial charge in [0, 0.05) is 17.6 Å². The quantitative estimate of drug-likeness (QED) is 0.868. The van der Waals surface area contributed by atoms with Crippen molar-refractivity contribution in [1.29, 1.82) is 0 Å². The lowest BCUT2D eigenvalue weighted by molar-refractivity contribution is 0.102. The number of carbonyl (C=O) groups excluding carboxylic acids is 1. The summed E-state index contributed by atoms with van der Waals surface area (Å²) in [7, 11) is 0. The Bertz CT molecular complexity index is 529. The molecule has 2 aromatic rings. The van der Waals surface area contributed by atoms with Gasteiger partial charge in [-0.05, 0) is 44.2 Å². The number of rotatable bonds is 4. The van der Waals surface area contributed by atoms with Crippen LogP contribution in [0.15, 0.2) is 36.5 Å². The lowest BCUT2D eigenvalue weighted by Gasteiger charge is -2.06. The van der Waals surface area contributed by atoms with Crippen LogP contribution in [-0.4, -0.2) is 17.5 Å². The molecule has 0 unspecified atom stereocenters. The number of hydrogen-bond acceptors (Lipinski definition) is 2. The number of ether oxygens (including phenoxy) is 1. The maximum absolute atomic E-state index is 11.9. The predicted octanol–water partition coefficient (Wildman–Crippen LogP) is 2.97. The number of benzene rings is 1. The number of aromatic nitrogens is 1. The summed E-state index contributed by atoms with van der Waals surface area (Å²) in [5, 5.41) is 2.84. The molecule has 0 aliphatic rings. The number of nitrogens with one attached hydrogen (secondary N) is 2. The summed E-state index contributed by atoms with van der Waals surface area (Å²) in [5.74, 6) is 0.686. The van der Waals surface area contributed by atoms with Crippen molar-refractivity contribution in [2.75, 3.05) is 11.9 Å². The number of carbonyl (C=O) groups is 1. The Morgan fingerprint density at radius 2 is 2.00 bits per heavy atom. The van der Waals surface area contributed by atoms with E-state index in [1.165, 1.54) is 0 Å². The summed E-state index contributed by atoms with van der Waals surface area (Å²) in [6.07, 6.45) is 1.75. The Balaban J connectivity index is 2.05. The lowest BCUT2D eigenvalue weighted by Crippen LogP contribution is -2.12. The number of aryl methyl sites for hydroxylation is 1. The molecule has 0 saturated carbocycles. The van der Waals surface area contributed by atoms with Crippen molar-refractivity contribution >= 4 is 11.6 Å². The van der Waals surface area contributed by atoms with E-state index in [4.69, 9.17) is 4.74 Å². The summed E-state index contributed by atoms with van der Waals surface area (Å²) >= 11 is 0. The topological polar surface area (TPSA) is 54.1 Å². The van der Waals surface area contributed by atoms with E-state index in [-0.39, 0.29) is 5.91 Å². The number of amides is 1. The number of anilines is 1. The Labute approximate surface area is 106 Å². The van der Waals surface area contributed by atoms with Crippen molar-refractivity contribution in [2.24, 2.45) is 0 Å². The highest BCUT2D eigenvalue weighted by molar-refractivity contribution is 6.05. The first kappa shape index (κ1) is 12.2. The smallest absolute Gasteiger partial charge is 0.257 e. The molecule has 2 rings (SSSR count). The van der Waals surface area contributed by atoms with E-state index < -0.39 is 0 Å². The molecule has 94 valence electrons. The average molecular weight is 244 g/mol. The second kappa shape index (κ2) is 5.40. The van der Waals surface area contributed by atoms with Gasteiger partial charge in [-0.25, -0.2) is 0 Å². The zero-order chi connectivity index (χ0) is 13.0. The second-order valence-electron chi connectivity index (χ2n) is 3.93. The molecule has 0 bridgehead atoms. The normalized spacial score (nSPS) is 10.1. The standard InChI is InChI=1S/C14H16N2O2/c1-3-18-12-6-4-11(5-7-12)16-14(17)13-8-9-15-10(13)2/h4-9,15H,3H2,1-2H3,(H,16,17). The molecule has 1 aromatic carbocycles. The highest BCUT2D eigenvalue weighted by Crippen LogP contribution is 2.17. The van der Waals surface area contributed by atoms with Crippen molar-refractivity contribution < 1.29 is 9.53 Å². The molecule has 2 N–H and O–H groups in total. The zero-order valence-electron chi connectivity index (χ0n) is 10.5. The van der Waals surface area contributed by atoms with Gasteiger partial charge in [0.05, 0.1) is 12.2 Å². The molecule has 0 fully saturated rings. The van der Waals surface area contributed by atoms with Crippen LogP contribution in [0, 0.1) is 6.92 Å². The van der Waals surface area contributed by atoms with Gasteiger partial charge in [0.2, 0.25) is 0 Å². The third-order valence-electron chi connectivity index (χ3n) is 2.62. The van der Waals surface area contributed by atoms with Crippen molar-refractivity contribution in [1.82, 2.24) is 4.98 Å². The van der Waals surface area contributed by atoms with Gasteiger partial charge in [0.15, 0.2) is 0 Å². The molecule has 0 aliphatic carbocycles. The van der Waals surface area contributed by atoms with Gasteiger partial charge in [0.25, 0.3) is 5.91 Å². The molecule has 18 heavy (non-hydrogen) atoms. The van der Waals surface area contributed by atoms with Crippen LogP contribution in [0.4, 0.5) is 5.69 Å². The molecule has 4 heteroatoms. The maximum Gasteiger partial charge on any atom is 0.257 e. The fourth-order valence-electron chi connectivity index (χ4n) is 1.70. The van der Waals surface area contributed by atoms with Crippen LogP contribution in [0.1, 0.15) is 23.0 Å². The summed E-state index contributed by atoms with van der Waals surface area (Å²) in [6.45, 7) is 4.44. The summed E-state index contributed by atoms with van der Waals surface area (Å²) < 4.78 is 5.34. The van der Waals surface area contributed by atoms with Gasteiger partial charge in [-0.2, -0.15) is 0 Å². The van der Waals surface area contributed by atoms with Crippen LogP contribution in [0.25, 0.3) is 0 Å². The van der Waals surface area contributed by atoms with Gasteiger partial charge < -0.3 is 15.0 Å². The van der Waals surface area contributed by atoms with Gasteiger partial charge in [-0.1, -0.05) is 0 Å². The van der Waals surface area contributed by atoms with E-state index in [2.05, 4.69) is 10.3 Å². The fraction of sp³-hybridized carbons (Fsp3) is 0.214. The molecular weight excluding hydrogens is 228 g/mol. The minimum atomic E-state index is -0.113. The van der Waals surface area contributed by atoms with Gasteiger partial charge >= 0.3 is 0 Å². The molecule has 1 amide bonds. The SMILES string of the molecule is CCOc1ccc(NC(=O)c2cc[nH]c2C)cc1. The fourth-order valence-corrected chi connectivity index (χ4v) is 1.70. The maximum atomic E-state index is 11.9. The molecule has 0 spiro atoms. The number of aromatic amines is 1. The predicted molar refractivity (Wildman–Crippen MR) is 71.1 cm³/mol. The number of hydrogen-bond donors (Lipinski definition) is 2. The molecule has 0 saturated heterocycles. The lowest BCUT2D eigenvalue weighted by atomic mass is 10.2. The van der Waals surface area contributed by atoms with Crippen molar-refractivity contribution in [3.05, 3.63) is 47.8 Å². The first-order valence-corrected chi connectivity index (χ1v) is 5.89. The van der Waals surface area contributed by atoms with Crippen LogP contribution in [0.2, 0.25) is 0 Å². The van der Waals surface area contributed by atoms with E-state index in [0.717, 1.165) is 17.1 Å². The minimum Gasteiger partial charge on any atom is -0.494 e. The van der Waals surface area contributed by atoms with E-state index in [1.807, 2.05) is 38.1 Å². The average Bonchev–Trinajstić information content (AvgIpc) is 2.78. The van der Waals surface area contributed by atoms with Crippen molar-refractivity contribution in [3.8, 4) is 5.75 Å². The second-order valence-corrected chi connectivity index (χ2v) is 3.93. The van der Waals surface area contributed by atoms with E-state index in [9.17, 15) is 4.79 Å². The molecule has 0 atom stereocenters. The molecular formula is C14H16N2O2. The first-order chi connectivity index (χ1) is 8.70. The van der Waals surface area contributed by atoms with Gasteiger partial charge in [-0.3, -0.25) is 4.79 Å². The summed E-state index contributed by atoms with van der Waals surface area (Å²) in [5.41, 5.74) is 2.27. The third kappa shape index (κ3) is 2.71. The van der Waals surface area contributed by atoms with Crippen molar-refractivity contribution in [2.45, 2.75) is 13.8 Å². The van der Waals surface area contributed by atoms with Crippen LogP contribution < -0.4 is 10.1 Å². The largest absolute Gasteiger partial charge is 0.494 e. The minimum absolute atomic E-state index is 0.113. The third-order valence-corrected chi connectivity index (χ3v) is 2.62. The van der Waals surface area contributed by atoms with Crippen molar-refractivity contribution in [3.63, 3.8) is 0 Å². The molecule has 1 aromatic heterocycles. The monoisotopic (exact) mass is 244 g/mol. The van der Waals surface area contributed by atoms with Crippen LogP contribution in [0.3, 0.4) is 0 Å². The highest BCUT2D eigenvalue weighted by atomic mass is 16.5. The van der Waals surface area contributed by atoms with E-state index in [1.54, 1.807) is 12.3 Å².